The predicted molar refractivity (Wildman–Crippen MR) is 31.7 cm³/mol. The molecule has 0 aromatic heterocycles. The Morgan fingerprint density at radius 3 is 1.87 bits per heavy atom. The van der Waals surface area contributed by atoms with Crippen molar-refractivity contribution in [3.63, 3.8) is 0 Å². The molecule has 0 spiro atoms. The van der Waals surface area contributed by atoms with Crippen molar-refractivity contribution in [1.82, 2.24) is 3.44 Å². The molecule has 0 aliphatic rings. The van der Waals surface area contributed by atoms with Gasteiger partial charge >= 0.3 is 92.6 Å². The molecule has 9 N–H and O–H groups in total. The van der Waals surface area contributed by atoms with Crippen LogP contribution in [0, 0.1) is 15.6 Å². The van der Waals surface area contributed by atoms with Crippen molar-refractivity contribution in [2.24, 2.45) is 17.6 Å². The summed E-state index contributed by atoms with van der Waals surface area (Å²) in [7, 11) is 0. The number of quaternary nitrogens is 3. The van der Waals surface area contributed by atoms with Crippen molar-refractivity contribution >= 4 is 0 Å². The molecule has 0 fully saturated rings. The van der Waals surface area contributed by atoms with E-state index in [4.69, 9.17) is 0 Å². The summed E-state index contributed by atoms with van der Waals surface area (Å²) >= 11 is -1.82. The molecule has 94 valence electrons. The summed E-state index contributed by atoms with van der Waals surface area (Å²) in [6.45, 7) is 0. The minimum atomic E-state index is -1.82. The second-order valence-corrected chi connectivity index (χ2v) is 3.17. The Bertz CT molecular complexity index is 144. The summed E-state index contributed by atoms with van der Waals surface area (Å²) in [5.41, 5.74) is 0. The van der Waals surface area contributed by atoms with Crippen LogP contribution in [0.25, 0.3) is 0 Å². The molecule has 15 heavy (non-hydrogen) atoms. The zero-order valence-corrected chi connectivity index (χ0v) is 9.07. The number of hydrogen-bond acceptors (Lipinski definition) is 11. The first-order chi connectivity index (χ1) is 6.95. The van der Waals surface area contributed by atoms with Crippen LogP contribution in [0.5, 0.6) is 0 Å². The van der Waals surface area contributed by atoms with Gasteiger partial charge in [-0.05, 0) is 0 Å². The van der Waals surface area contributed by atoms with Crippen LogP contribution in [-0.4, -0.2) is 3.44 Å². The van der Waals surface area contributed by atoms with Gasteiger partial charge in [-0.25, -0.2) is 0 Å². The molecule has 0 aliphatic heterocycles. The van der Waals surface area contributed by atoms with Gasteiger partial charge in [-0.1, -0.05) is 0 Å². The summed E-state index contributed by atoms with van der Waals surface area (Å²) in [6, 6.07) is 0. The van der Waals surface area contributed by atoms with Gasteiger partial charge in [-0.15, -0.1) is 0 Å². The van der Waals surface area contributed by atoms with Crippen LogP contribution in [0.4, 0.5) is 0 Å². The topological polar surface area (TPSA) is 201 Å². The zero-order chi connectivity index (χ0) is 11.8. The summed E-state index contributed by atoms with van der Waals surface area (Å²) in [6.07, 6.45) is 0. The van der Waals surface area contributed by atoms with E-state index in [9.17, 15) is 15.6 Å². The molecule has 0 aromatic rings. The Morgan fingerprint density at radius 1 is 1.07 bits per heavy atom. The van der Waals surface area contributed by atoms with E-state index in [0.29, 0.717) is 0 Å². The van der Waals surface area contributed by atoms with Gasteiger partial charge in [0.15, 0.2) is 0 Å². The number of nitrogens with one attached hydrogen (secondary N) is 3. The molecule has 0 heterocycles. The van der Waals surface area contributed by atoms with Crippen LogP contribution >= 0.6 is 0 Å². The van der Waals surface area contributed by atoms with E-state index < -0.39 is 38.0 Å². The third-order valence-corrected chi connectivity index (χ3v) is 1.85. The van der Waals surface area contributed by atoms with E-state index in [1.165, 1.54) is 0 Å². The number of nitrogens with two attached hydrogens (primary N) is 3. The first-order valence-electron chi connectivity index (χ1n) is 2.93. The summed E-state index contributed by atoms with van der Waals surface area (Å²) in [4.78, 5) is 11.8. The average Bonchev–Trinajstić information content (AvgIpc) is 2.11. The number of hydrogen-bond donors (Lipinski definition) is 6. The van der Waals surface area contributed by atoms with Gasteiger partial charge in [-0.2, -0.15) is 0 Å². The predicted octanol–water partition coefficient (Wildman–Crippen LogP) is -10.5. The SMILES string of the molecule is NO[NH+]([O-])O[I-]N(O[NH+](N)[O-])O[NH+](N)[O-]. The van der Waals surface area contributed by atoms with E-state index in [2.05, 4.69) is 35.6 Å². The molecule has 0 aromatic carbocycles. The molecule has 15 heteroatoms. The first-order valence-corrected chi connectivity index (χ1v) is 4.78. The monoisotopic (exact) mass is 346 g/mol. The van der Waals surface area contributed by atoms with Crippen LogP contribution in [0.15, 0.2) is 0 Å². The maximum absolute atomic E-state index is 10.4. The minimum absolute atomic E-state index is 0.223. The summed E-state index contributed by atoms with van der Waals surface area (Å²) in [5.74, 6) is 13.6. The molecule has 0 aliphatic carbocycles. The number of nitrogens with zero attached hydrogens (tertiary/aromatic N) is 1. The normalized spacial score (nSPS) is 18.1. The van der Waals surface area contributed by atoms with E-state index in [1.54, 1.807) is 0 Å². The molecule has 3 unspecified atom stereocenters. The quantitative estimate of drug-likeness (QED) is 0.105. The van der Waals surface area contributed by atoms with Gasteiger partial charge in [0.2, 0.25) is 0 Å². The van der Waals surface area contributed by atoms with Crippen LogP contribution in [-0.2, 0) is 18.0 Å². The van der Waals surface area contributed by atoms with Crippen LogP contribution < -0.4 is 55.5 Å². The van der Waals surface area contributed by atoms with E-state index in [0.717, 1.165) is 0 Å². The fraction of sp³-hybridized carbons (Fsp3) is 0. The Kier molecular flexibility index (Phi) is 8.43. The molecule has 0 saturated carbocycles. The Morgan fingerprint density at radius 2 is 1.53 bits per heavy atom. The molecular formula is H9IN7O7-. The molecule has 3 atom stereocenters. The van der Waals surface area contributed by atoms with Gasteiger partial charge in [-0.3, -0.25) is 0 Å². The average molecular weight is 346 g/mol. The third-order valence-electron chi connectivity index (χ3n) is 0.574. The molecular weight excluding hydrogens is 337 g/mol. The molecule has 0 bridgehead atoms. The number of rotatable bonds is 8. The standard InChI is InChI=1S/H9IN7O7/c2-6(9)14-5(15-7(3)10)1-12-8(11)13-4/h6-8H,2-4H2/q-1. The van der Waals surface area contributed by atoms with E-state index in [-0.39, 0.29) is 3.44 Å². The molecule has 0 rings (SSSR count). The Balaban J connectivity index is 3.89. The molecule has 0 saturated heterocycles. The van der Waals surface area contributed by atoms with Crippen molar-refractivity contribution < 1.29 is 55.9 Å². The van der Waals surface area contributed by atoms with Crippen LogP contribution in [0.2, 0.25) is 0 Å². The maximum atomic E-state index is 10.4. The Labute approximate surface area is 93.0 Å². The second-order valence-electron chi connectivity index (χ2n) is 1.55. The zero-order valence-electron chi connectivity index (χ0n) is 6.91. The van der Waals surface area contributed by atoms with E-state index in [1.807, 2.05) is 0 Å². The molecule has 0 amide bonds. The van der Waals surface area contributed by atoms with Gasteiger partial charge < -0.3 is 0 Å². The van der Waals surface area contributed by atoms with Crippen molar-refractivity contribution in [2.45, 2.75) is 0 Å². The van der Waals surface area contributed by atoms with Crippen molar-refractivity contribution in [2.75, 3.05) is 0 Å². The van der Waals surface area contributed by atoms with Gasteiger partial charge in [0.05, 0.1) is 0 Å². The van der Waals surface area contributed by atoms with Crippen molar-refractivity contribution in [1.29, 1.82) is 0 Å². The molecule has 0 radical (unpaired) electrons. The first kappa shape index (κ1) is 15.2. The summed E-state index contributed by atoms with van der Waals surface area (Å²) < 4.78 is 4.46. The van der Waals surface area contributed by atoms with Crippen molar-refractivity contribution in [3.8, 4) is 0 Å². The van der Waals surface area contributed by atoms with E-state index >= 15 is 0 Å². The fourth-order valence-corrected chi connectivity index (χ4v) is 1.24. The van der Waals surface area contributed by atoms with Gasteiger partial charge in [0, 0.05) is 0 Å². The fourth-order valence-electron chi connectivity index (χ4n) is 0.263. The van der Waals surface area contributed by atoms with Gasteiger partial charge in [0.25, 0.3) is 0 Å². The third kappa shape index (κ3) is 9.12. The molecule has 14 nitrogen and oxygen atoms in total. The van der Waals surface area contributed by atoms with Crippen molar-refractivity contribution in [3.05, 3.63) is 15.6 Å². The Hall–Kier alpha value is 0.170. The number of halogens is 1. The van der Waals surface area contributed by atoms with Crippen LogP contribution in [0.3, 0.4) is 0 Å². The van der Waals surface area contributed by atoms with Gasteiger partial charge in [0.1, 0.15) is 0 Å². The second kappa shape index (κ2) is 8.34. The van der Waals surface area contributed by atoms with Crippen LogP contribution in [0.1, 0.15) is 0 Å². The summed E-state index contributed by atoms with van der Waals surface area (Å²) in [5, 5.41) is 27.0.